The van der Waals surface area contributed by atoms with Gasteiger partial charge in [-0.25, -0.2) is 4.79 Å². The van der Waals surface area contributed by atoms with Gasteiger partial charge in [-0.1, -0.05) is 6.58 Å². The summed E-state index contributed by atoms with van der Waals surface area (Å²) in [6.07, 6.45) is -6.22. The molecule has 3 atom stereocenters. The van der Waals surface area contributed by atoms with E-state index in [9.17, 15) is 18.0 Å². The summed E-state index contributed by atoms with van der Waals surface area (Å²) in [7, 11) is 0. The Hall–Kier alpha value is -1.08. The number of hydrogen-bond acceptors (Lipinski definition) is 4. The lowest BCUT2D eigenvalue weighted by Crippen LogP contribution is -2.48. The van der Waals surface area contributed by atoms with Gasteiger partial charge in [0.2, 0.25) is 0 Å². The van der Waals surface area contributed by atoms with Crippen LogP contribution in [0.4, 0.5) is 13.2 Å². The van der Waals surface area contributed by atoms with Crippen molar-refractivity contribution in [3.63, 3.8) is 0 Å². The predicted molar refractivity (Wildman–Crippen MR) is 46.2 cm³/mol. The summed E-state index contributed by atoms with van der Waals surface area (Å²) in [4.78, 5) is 10.8. The summed E-state index contributed by atoms with van der Waals surface area (Å²) in [5.41, 5.74) is 0. The number of carbonyl (C=O) groups is 1. The number of hydrogen-bond donors (Lipinski definition) is 0. The molecule has 0 aliphatic carbocycles. The van der Waals surface area contributed by atoms with Crippen molar-refractivity contribution in [1.82, 2.24) is 0 Å². The molecule has 0 saturated carbocycles. The average molecular weight is 240 g/mol. The highest BCUT2D eigenvalue weighted by Crippen LogP contribution is 2.31. The molecule has 0 aromatic heterocycles. The molecule has 0 N–H and O–H groups in total. The molecule has 0 bridgehead atoms. The first-order valence-electron chi connectivity index (χ1n) is 4.55. The third-order valence-corrected chi connectivity index (χ3v) is 2.01. The molecule has 4 nitrogen and oxygen atoms in total. The summed E-state index contributed by atoms with van der Waals surface area (Å²) >= 11 is 0. The zero-order valence-corrected chi connectivity index (χ0v) is 8.49. The van der Waals surface area contributed by atoms with Crippen LogP contribution in [0.15, 0.2) is 12.7 Å². The zero-order chi connectivity index (χ0) is 12.3. The standard InChI is InChI=1S/C9H11F3O4/c1-3-7(13)14-5(2)6-4-8(15-6)16-9(10,11)12/h3,5-6,8H,1,4H2,2H3. The summed E-state index contributed by atoms with van der Waals surface area (Å²) in [6, 6.07) is 0. The number of rotatable bonds is 4. The van der Waals surface area contributed by atoms with Gasteiger partial charge < -0.3 is 9.47 Å². The minimum Gasteiger partial charge on any atom is -0.457 e. The van der Waals surface area contributed by atoms with Gasteiger partial charge in [0.05, 0.1) is 0 Å². The Kier molecular flexibility index (Phi) is 3.93. The first-order chi connectivity index (χ1) is 7.31. The average Bonchev–Trinajstić information content (AvgIpc) is 2.08. The molecule has 1 aliphatic rings. The minimum atomic E-state index is -4.71. The molecule has 7 heteroatoms. The largest absolute Gasteiger partial charge is 0.524 e. The van der Waals surface area contributed by atoms with Crippen LogP contribution in [0.2, 0.25) is 0 Å². The van der Waals surface area contributed by atoms with Gasteiger partial charge in [-0.05, 0) is 6.92 Å². The molecule has 0 spiro atoms. The van der Waals surface area contributed by atoms with E-state index in [0.717, 1.165) is 6.08 Å². The van der Waals surface area contributed by atoms with E-state index in [1.807, 2.05) is 0 Å². The lowest BCUT2D eigenvalue weighted by atomic mass is 10.1. The highest BCUT2D eigenvalue weighted by molar-refractivity contribution is 5.81. The van der Waals surface area contributed by atoms with Crippen molar-refractivity contribution in [1.29, 1.82) is 0 Å². The number of esters is 1. The van der Waals surface area contributed by atoms with Crippen molar-refractivity contribution < 1.29 is 32.2 Å². The van der Waals surface area contributed by atoms with Crippen LogP contribution in [0.1, 0.15) is 13.3 Å². The van der Waals surface area contributed by atoms with E-state index in [-0.39, 0.29) is 6.42 Å². The predicted octanol–water partition coefficient (Wildman–Crippen LogP) is 1.76. The Balaban J connectivity index is 2.25. The van der Waals surface area contributed by atoms with E-state index in [2.05, 4.69) is 11.3 Å². The number of alkyl halides is 3. The van der Waals surface area contributed by atoms with Crippen LogP contribution in [0.5, 0.6) is 0 Å². The van der Waals surface area contributed by atoms with Gasteiger partial charge in [0.25, 0.3) is 0 Å². The third kappa shape index (κ3) is 3.82. The fourth-order valence-electron chi connectivity index (χ4n) is 1.21. The van der Waals surface area contributed by atoms with Crippen LogP contribution in [-0.2, 0) is 19.0 Å². The van der Waals surface area contributed by atoms with Crippen LogP contribution in [0, 0.1) is 0 Å². The lowest BCUT2D eigenvalue weighted by molar-refractivity contribution is -0.416. The van der Waals surface area contributed by atoms with Crippen molar-refractivity contribution in [3.05, 3.63) is 12.7 Å². The highest BCUT2D eigenvalue weighted by atomic mass is 19.4. The maximum Gasteiger partial charge on any atom is 0.524 e. The summed E-state index contributed by atoms with van der Waals surface area (Å²) in [5.74, 6) is -0.642. The van der Waals surface area contributed by atoms with Crippen LogP contribution in [-0.4, -0.2) is 30.8 Å². The van der Waals surface area contributed by atoms with E-state index < -0.39 is 30.8 Å². The van der Waals surface area contributed by atoms with Crippen LogP contribution in [0.3, 0.4) is 0 Å². The number of ether oxygens (including phenoxy) is 3. The lowest BCUT2D eigenvalue weighted by Gasteiger charge is -2.38. The van der Waals surface area contributed by atoms with Gasteiger partial charge in [-0.2, -0.15) is 0 Å². The maximum absolute atomic E-state index is 11.7. The van der Waals surface area contributed by atoms with Gasteiger partial charge in [0.15, 0.2) is 6.29 Å². The molecule has 1 rings (SSSR count). The second-order valence-corrected chi connectivity index (χ2v) is 3.25. The number of carbonyl (C=O) groups excluding carboxylic acids is 1. The minimum absolute atomic E-state index is 0.0328. The quantitative estimate of drug-likeness (QED) is 0.554. The molecule has 92 valence electrons. The Morgan fingerprint density at radius 2 is 2.19 bits per heavy atom. The van der Waals surface area contributed by atoms with Gasteiger partial charge in [-0.3, -0.25) is 4.74 Å². The molecule has 0 aromatic rings. The molecule has 0 aromatic carbocycles. The molecule has 1 saturated heterocycles. The second kappa shape index (κ2) is 4.84. The van der Waals surface area contributed by atoms with Crippen LogP contribution < -0.4 is 0 Å². The molecular formula is C9H11F3O4. The summed E-state index contributed by atoms with van der Waals surface area (Å²) in [6.45, 7) is 4.72. The Bertz CT molecular complexity index is 270. The van der Waals surface area contributed by atoms with E-state index in [1.54, 1.807) is 0 Å². The van der Waals surface area contributed by atoms with Crippen molar-refractivity contribution in [3.8, 4) is 0 Å². The SMILES string of the molecule is C=CC(=O)OC(C)C1CC(OC(F)(F)F)O1. The van der Waals surface area contributed by atoms with Crippen molar-refractivity contribution in [2.45, 2.75) is 38.2 Å². The molecule has 16 heavy (non-hydrogen) atoms. The van der Waals surface area contributed by atoms with Gasteiger partial charge in [0.1, 0.15) is 12.2 Å². The van der Waals surface area contributed by atoms with Crippen LogP contribution >= 0.6 is 0 Å². The zero-order valence-electron chi connectivity index (χ0n) is 8.49. The van der Waals surface area contributed by atoms with E-state index in [4.69, 9.17) is 9.47 Å². The Morgan fingerprint density at radius 3 is 2.62 bits per heavy atom. The van der Waals surface area contributed by atoms with Gasteiger partial charge >= 0.3 is 12.3 Å². The smallest absolute Gasteiger partial charge is 0.457 e. The topological polar surface area (TPSA) is 44.8 Å². The maximum atomic E-state index is 11.7. The van der Waals surface area contributed by atoms with E-state index >= 15 is 0 Å². The molecule has 3 unspecified atom stereocenters. The monoisotopic (exact) mass is 240 g/mol. The van der Waals surface area contributed by atoms with Crippen molar-refractivity contribution >= 4 is 5.97 Å². The molecule has 1 aliphatic heterocycles. The Labute approximate surface area is 90.0 Å². The van der Waals surface area contributed by atoms with E-state index in [1.165, 1.54) is 6.92 Å². The summed E-state index contributed by atoms with van der Waals surface area (Å²) in [5, 5.41) is 0. The normalized spacial score (nSPS) is 26.8. The highest BCUT2D eigenvalue weighted by Gasteiger charge is 2.43. The van der Waals surface area contributed by atoms with E-state index in [0.29, 0.717) is 0 Å². The first-order valence-corrected chi connectivity index (χ1v) is 4.55. The first kappa shape index (κ1) is 13.0. The summed E-state index contributed by atoms with van der Waals surface area (Å²) < 4.78 is 48.3. The van der Waals surface area contributed by atoms with Crippen LogP contribution in [0.25, 0.3) is 0 Å². The van der Waals surface area contributed by atoms with Crippen molar-refractivity contribution in [2.24, 2.45) is 0 Å². The molecule has 1 fully saturated rings. The fraction of sp³-hybridized carbons (Fsp3) is 0.667. The third-order valence-electron chi connectivity index (χ3n) is 2.01. The van der Waals surface area contributed by atoms with Gasteiger partial charge in [0, 0.05) is 12.5 Å². The Morgan fingerprint density at radius 1 is 1.62 bits per heavy atom. The molecule has 0 amide bonds. The molecule has 1 heterocycles. The van der Waals surface area contributed by atoms with Gasteiger partial charge in [-0.15, -0.1) is 13.2 Å². The second-order valence-electron chi connectivity index (χ2n) is 3.25. The fourth-order valence-corrected chi connectivity index (χ4v) is 1.21. The molecular weight excluding hydrogens is 229 g/mol. The van der Waals surface area contributed by atoms with Crippen molar-refractivity contribution in [2.75, 3.05) is 0 Å². The molecule has 0 radical (unpaired) electrons. The number of halogens is 3.